The molecular formula is C17H28N2O. The number of nitrogens with two attached hydrogens (primary N) is 1. The summed E-state index contributed by atoms with van der Waals surface area (Å²) in [5, 5.41) is 0. The van der Waals surface area contributed by atoms with Crippen LogP contribution in [0.25, 0.3) is 0 Å². The van der Waals surface area contributed by atoms with E-state index < -0.39 is 0 Å². The van der Waals surface area contributed by atoms with Gasteiger partial charge >= 0.3 is 0 Å². The van der Waals surface area contributed by atoms with E-state index in [9.17, 15) is 0 Å². The normalized spacial score (nSPS) is 21.8. The Bertz CT molecular complexity index is 442. The summed E-state index contributed by atoms with van der Waals surface area (Å²) in [7, 11) is 0. The number of nitrogens with zero attached hydrogens (tertiary/aromatic N) is 1. The van der Waals surface area contributed by atoms with Crippen LogP contribution in [-0.4, -0.2) is 29.2 Å². The molecule has 1 unspecified atom stereocenters. The minimum absolute atomic E-state index is 0.0461. The number of ether oxygens (including phenoxy) is 1. The Kier molecular flexibility index (Phi) is 4.71. The highest BCUT2D eigenvalue weighted by Gasteiger charge is 2.32. The Morgan fingerprint density at radius 1 is 1.40 bits per heavy atom. The van der Waals surface area contributed by atoms with Gasteiger partial charge in [-0.15, -0.1) is 0 Å². The first-order chi connectivity index (χ1) is 9.35. The molecule has 3 heteroatoms. The van der Waals surface area contributed by atoms with Crippen molar-refractivity contribution in [2.24, 2.45) is 0 Å². The number of nitrogen functional groups attached to an aromatic ring is 1. The number of rotatable bonds is 5. The summed E-state index contributed by atoms with van der Waals surface area (Å²) in [6.45, 7) is 10.8. The second-order valence-electron chi connectivity index (χ2n) is 6.81. The monoisotopic (exact) mass is 276 g/mol. The van der Waals surface area contributed by atoms with Crippen molar-refractivity contribution in [2.45, 2.75) is 64.8 Å². The van der Waals surface area contributed by atoms with E-state index in [4.69, 9.17) is 10.5 Å². The van der Waals surface area contributed by atoms with Gasteiger partial charge in [-0.05, 0) is 58.2 Å². The van der Waals surface area contributed by atoms with Gasteiger partial charge in [0.05, 0.1) is 11.7 Å². The first-order valence-electron chi connectivity index (χ1n) is 7.62. The van der Waals surface area contributed by atoms with Crippen molar-refractivity contribution in [3.63, 3.8) is 0 Å². The van der Waals surface area contributed by atoms with Crippen LogP contribution in [0.2, 0.25) is 0 Å². The van der Waals surface area contributed by atoms with Crippen LogP contribution in [0.1, 0.15) is 46.1 Å². The molecule has 1 saturated heterocycles. The van der Waals surface area contributed by atoms with Gasteiger partial charge in [-0.2, -0.15) is 0 Å². The van der Waals surface area contributed by atoms with Crippen LogP contribution >= 0.6 is 0 Å². The van der Waals surface area contributed by atoms with Gasteiger partial charge in [0.2, 0.25) is 0 Å². The maximum atomic E-state index is 6.12. The van der Waals surface area contributed by atoms with E-state index in [1.807, 2.05) is 12.1 Å². The topological polar surface area (TPSA) is 38.5 Å². The molecule has 2 rings (SSSR count). The molecule has 2 N–H and O–H groups in total. The Morgan fingerprint density at radius 3 is 2.70 bits per heavy atom. The summed E-state index contributed by atoms with van der Waals surface area (Å²) >= 11 is 0. The molecule has 0 spiro atoms. The van der Waals surface area contributed by atoms with Gasteiger partial charge in [0.25, 0.3) is 0 Å². The standard InChI is InChI=1S/C17H28N2O/c1-13(2)19(11-14-6-5-7-15(18)10-14)12-16-8-9-17(3,4)20-16/h5-7,10,13,16H,8-9,11-12,18H2,1-4H3. The largest absolute Gasteiger partial charge is 0.399 e. The smallest absolute Gasteiger partial charge is 0.0710 e. The molecule has 1 aromatic carbocycles. The summed E-state index contributed by atoms with van der Waals surface area (Å²) in [5.41, 5.74) is 8.02. The summed E-state index contributed by atoms with van der Waals surface area (Å²) < 4.78 is 6.12. The molecule has 1 aliphatic heterocycles. The third-order valence-corrected chi connectivity index (χ3v) is 4.06. The highest BCUT2D eigenvalue weighted by Crippen LogP contribution is 2.30. The molecule has 1 aromatic rings. The van der Waals surface area contributed by atoms with Gasteiger partial charge < -0.3 is 10.5 Å². The maximum absolute atomic E-state index is 6.12. The zero-order valence-corrected chi connectivity index (χ0v) is 13.2. The van der Waals surface area contributed by atoms with E-state index in [0.717, 1.165) is 31.6 Å². The van der Waals surface area contributed by atoms with Crippen LogP contribution < -0.4 is 5.73 Å². The molecule has 3 nitrogen and oxygen atoms in total. The number of hydrogen-bond acceptors (Lipinski definition) is 3. The number of anilines is 1. The van der Waals surface area contributed by atoms with Crippen LogP contribution in [-0.2, 0) is 11.3 Å². The molecule has 0 bridgehead atoms. The summed E-state index contributed by atoms with van der Waals surface area (Å²) in [6, 6.07) is 8.67. The molecule has 0 radical (unpaired) electrons. The summed E-state index contributed by atoms with van der Waals surface area (Å²) in [4.78, 5) is 2.47. The highest BCUT2D eigenvalue weighted by atomic mass is 16.5. The summed E-state index contributed by atoms with van der Waals surface area (Å²) in [5.74, 6) is 0. The average Bonchev–Trinajstić information content (AvgIpc) is 2.68. The number of hydrogen-bond donors (Lipinski definition) is 1. The quantitative estimate of drug-likeness (QED) is 0.837. The van der Waals surface area contributed by atoms with E-state index >= 15 is 0 Å². The molecule has 0 aliphatic carbocycles. The fourth-order valence-corrected chi connectivity index (χ4v) is 2.85. The Morgan fingerprint density at radius 2 is 2.15 bits per heavy atom. The first-order valence-corrected chi connectivity index (χ1v) is 7.62. The van der Waals surface area contributed by atoms with E-state index in [-0.39, 0.29) is 5.60 Å². The Hall–Kier alpha value is -1.06. The zero-order valence-electron chi connectivity index (χ0n) is 13.2. The molecule has 1 atom stereocenters. The van der Waals surface area contributed by atoms with Gasteiger partial charge in [-0.25, -0.2) is 0 Å². The molecule has 0 amide bonds. The van der Waals surface area contributed by atoms with Crippen molar-refractivity contribution >= 4 is 5.69 Å². The predicted octanol–water partition coefficient (Wildman–Crippen LogP) is 3.44. The average molecular weight is 276 g/mol. The first kappa shape index (κ1) is 15.3. The lowest BCUT2D eigenvalue weighted by molar-refractivity contribution is -0.0333. The number of benzene rings is 1. The van der Waals surface area contributed by atoms with Crippen molar-refractivity contribution in [3.8, 4) is 0 Å². The van der Waals surface area contributed by atoms with Crippen LogP contribution in [0.15, 0.2) is 24.3 Å². The van der Waals surface area contributed by atoms with Crippen LogP contribution in [0.4, 0.5) is 5.69 Å². The van der Waals surface area contributed by atoms with E-state index in [1.54, 1.807) is 0 Å². The van der Waals surface area contributed by atoms with Crippen molar-refractivity contribution < 1.29 is 4.74 Å². The lowest BCUT2D eigenvalue weighted by Gasteiger charge is -2.30. The molecule has 20 heavy (non-hydrogen) atoms. The molecule has 0 aromatic heterocycles. The summed E-state index contributed by atoms with van der Waals surface area (Å²) in [6.07, 6.45) is 2.67. The molecule has 1 aliphatic rings. The fraction of sp³-hybridized carbons (Fsp3) is 0.647. The van der Waals surface area contributed by atoms with Crippen LogP contribution in [0.5, 0.6) is 0 Å². The van der Waals surface area contributed by atoms with Crippen molar-refractivity contribution in [1.29, 1.82) is 0 Å². The van der Waals surface area contributed by atoms with Crippen molar-refractivity contribution in [3.05, 3.63) is 29.8 Å². The van der Waals surface area contributed by atoms with Gasteiger partial charge in [-0.3, -0.25) is 4.90 Å². The van der Waals surface area contributed by atoms with E-state index in [2.05, 4.69) is 44.7 Å². The highest BCUT2D eigenvalue weighted by molar-refractivity contribution is 5.40. The predicted molar refractivity (Wildman–Crippen MR) is 84.6 cm³/mol. The van der Waals surface area contributed by atoms with Crippen LogP contribution in [0, 0.1) is 0 Å². The Labute approximate surface area is 123 Å². The second-order valence-corrected chi connectivity index (χ2v) is 6.81. The molecule has 1 heterocycles. The SMILES string of the molecule is CC(C)N(Cc1cccc(N)c1)CC1CCC(C)(C)O1. The van der Waals surface area contributed by atoms with Gasteiger partial charge in [-0.1, -0.05) is 12.1 Å². The Balaban J connectivity index is 1.98. The fourth-order valence-electron chi connectivity index (χ4n) is 2.85. The van der Waals surface area contributed by atoms with E-state index in [1.165, 1.54) is 5.56 Å². The molecule has 0 saturated carbocycles. The van der Waals surface area contributed by atoms with Crippen LogP contribution in [0.3, 0.4) is 0 Å². The van der Waals surface area contributed by atoms with Crippen molar-refractivity contribution in [2.75, 3.05) is 12.3 Å². The second kappa shape index (κ2) is 6.15. The minimum atomic E-state index is 0.0461. The third kappa shape index (κ3) is 4.22. The van der Waals surface area contributed by atoms with Crippen molar-refractivity contribution in [1.82, 2.24) is 4.90 Å². The minimum Gasteiger partial charge on any atom is -0.399 e. The lowest BCUT2D eigenvalue weighted by Crippen LogP contribution is -2.37. The van der Waals surface area contributed by atoms with E-state index in [0.29, 0.717) is 12.1 Å². The van der Waals surface area contributed by atoms with Gasteiger partial charge in [0.15, 0.2) is 0 Å². The lowest BCUT2D eigenvalue weighted by atomic mass is 10.1. The van der Waals surface area contributed by atoms with Gasteiger partial charge in [0, 0.05) is 24.8 Å². The maximum Gasteiger partial charge on any atom is 0.0710 e. The van der Waals surface area contributed by atoms with Gasteiger partial charge in [0.1, 0.15) is 0 Å². The zero-order chi connectivity index (χ0) is 14.8. The third-order valence-electron chi connectivity index (χ3n) is 4.06. The molecule has 112 valence electrons. The molecule has 1 fully saturated rings. The molecular weight excluding hydrogens is 248 g/mol.